The van der Waals surface area contributed by atoms with E-state index >= 15 is 0 Å². The quantitative estimate of drug-likeness (QED) is 0.678. The van der Waals surface area contributed by atoms with Crippen LogP contribution in [0.2, 0.25) is 5.02 Å². The fourth-order valence-corrected chi connectivity index (χ4v) is 3.08. The van der Waals surface area contributed by atoms with Crippen LogP contribution in [0.4, 0.5) is 0 Å². The molecule has 0 saturated heterocycles. The summed E-state index contributed by atoms with van der Waals surface area (Å²) in [7, 11) is 0. The van der Waals surface area contributed by atoms with Gasteiger partial charge in [-0.1, -0.05) is 24.6 Å². The predicted molar refractivity (Wildman–Crippen MR) is 104 cm³/mol. The number of halogens is 1. The topological polar surface area (TPSA) is 71.2 Å². The van der Waals surface area contributed by atoms with E-state index in [0.29, 0.717) is 23.6 Å². The van der Waals surface area contributed by atoms with Crippen LogP contribution in [0.5, 0.6) is 0 Å². The van der Waals surface area contributed by atoms with Gasteiger partial charge in [-0.05, 0) is 42.8 Å². The molecule has 0 aliphatic carbocycles. The Kier molecular flexibility index (Phi) is 6.21. The Morgan fingerprint density at radius 1 is 1.26 bits per heavy atom. The number of carbonyl (C=O) groups is 1. The highest BCUT2D eigenvalue weighted by molar-refractivity contribution is 6.33. The normalized spacial score (nSPS) is 12.0. The van der Waals surface area contributed by atoms with Crippen molar-refractivity contribution >= 4 is 17.5 Å². The fraction of sp³-hybridized carbons (Fsp3) is 0.250. The molecule has 1 N–H and O–H groups in total. The maximum atomic E-state index is 13.3. The molecule has 27 heavy (non-hydrogen) atoms. The lowest BCUT2D eigenvalue weighted by atomic mass is 10.1. The molecule has 0 fully saturated rings. The van der Waals surface area contributed by atoms with Crippen molar-refractivity contribution in [2.75, 3.05) is 6.61 Å². The van der Waals surface area contributed by atoms with Crippen LogP contribution < -0.4 is 0 Å². The van der Waals surface area contributed by atoms with Gasteiger partial charge in [0.1, 0.15) is 0 Å². The number of carbonyl (C=O) groups excluding carboxylic acids is 1. The van der Waals surface area contributed by atoms with Crippen LogP contribution in [0.1, 0.15) is 29.4 Å². The Hall–Kier alpha value is -2.70. The van der Waals surface area contributed by atoms with Gasteiger partial charge in [0.25, 0.3) is 5.91 Å². The molecule has 0 aliphatic rings. The highest BCUT2D eigenvalue weighted by Gasteiger charge is 2.25. The third-order valence-electron chi connectivity index (χ3n) is 4.39. The second-order valence-corrected chi connectivity index (χ2v) is 6.52. The number of pyridine rings is 1. The Morgan fingerprint density at radius 3 is 2.74 bits per heavy atom. The standard InChI is InChI=1S/C20H21ClN4O2/c1-2-16(14-26)24(13-15-6-3-4-9-22-15)20(27)18-12-17(7-8-19(18)21)25-11-5-10-23-25/h3-12,16,26H,2,13-14H2,1H3/t16-/m0/s1. The van der Waals surface area contributed by atoms with E-state index in [1.165, 1.54) is 0 Å². The molecule has 3 aromatic rings. The summed E-state index contributed by atoms with van der Waals surface area (Å²) in [6, 6.07) is 12.2. The summed E-state index contributed by atoms with van der Waals surface area (Å²) in [5, 5.41) is 14.3. The molecular weight excluding hydrogens is 364 g/mol. The van der Waals surface area contributed by atoms with Gasteiger partial charge in [0, 0.05) is 18.6 Å². The number of aliphatic hydroxyl groups excluding tert-OH is 1. The average Bonchev–Trinajstić information content (AvgIpc) is 3.23. The van der Waals surface area contributed by atoms with Gasteiger partial charge in [0.2, 0.25) is 0 Å². The zero-order valence-corrected chi connectivity index (χ0v) is 15.8. The van der Waals surface area contributed by atoms with Crippen LogP contribution >= 0.6 is 11.6 Å². The molecule has 0 saturated carbocycles. The van der Waals surface area contributed by atoms with E-state index < -0.39 is 0 Å². The SMILES string of the molecule is CC[C@@H](CO)N(Cc1ccccn1)C(=O)c1cc(-n2cccn2)ccc1Cl. The van der Waals surface area contributed by atoms with E-state index in [2.05, 4.69) is 10.1 Å². The number of aliphatic hydroxyl groups is 1. The maximum Gasteiger partial charge on any atom is 0.256 e. The molecule has 3 rings (SSSR count). The minimum absolute atomic E-state index is 0.133. The molecule has 2 aromatic heterocycles. The van der Waals surface area contributed by atoms with Crippen molar-refractivity contribution in [1.82, 2.24) is 19.7 Å². The third-order valence-corrected chi connectivity index (χ3v) is 4.72. The number of nitrogens with zero attached hydrogens (tertiary/aromatic N) is 4. The van der Waals surface area contributed by atoms with E-state index in [1.54, 1.807) is 46.4 Å². The summed E-state index contributed by atoms with van der Waals surface area (Å²) in [4.78, 5) is 19.2. The van der Waals surface area contributed by atoms with Gasteiger partial charge in [0.15, 0.2) is 0 Å². The number of rotatable bonds is 7. The van der Waals surface area contributed by atoms with Crippen LogP contribution in [-0.4, -0.2) is 43.3 Å². The van der Waals surface area contributed by atoms with E-state index in [4.69, 9.17) is 11.6 Å². The van der Waals surface area contributed by atoms with Crippen molar-refractivity contribution in [2.24, 2.45) is 0 Å². The van der Waals surface area contributed by atoms with Crippen LogP contribution in [0.15, 0.2) is 61.1 Å². The van der Waals surface area contributed by atoms with Gasteiger partial charge in [-0.2, -0.15) is 5.10 Å². The first-order chi connectivity index (χ1) is 13.1. The summed E-state index contributed by atoms with van der Waals surface area (Å²) in [5.74, 6) is -0.249. The van der Waals surface area contributed by atoms with Crippen molar-refractivity contribution < 1.29 is 9.90 Å². The number of benzene rings is 1. The molecule has 0 aliphatic heterocycles. The lowest BCUT2D eigenvalue weighted by molar-refractivity contribution is 0.0560. The van der Waals surface area contributed by atoms with Crippen molar-refractivity contribution in [1.29, 1.82) is 0 Å². The molecular formula is C20H21ClN4O2. The number of aromatic nitrogens is 3. The average molecular weight is 385 g/mol. The molecule has 0 radical (unpaired) electrons. The van der Waals surface area contributed by atoms with E-state index in [0.717, 1.165) is 11.4 Å². The summed E-state index contributed by atoms with van der Waals surface area (Å²) in [5.41, 5.74) is 1.85. The van der Waals surface area contributed by atoms with Gasteiger partial charge in [-0.3, -0.25) is 9.78 Å². The molecule has 140 valence electrons. The predicted octanol–water partition coefficient (Wildman–Crippen LogP) is 3.33. The second kappa shape index (κ2) is 8.79. The molecule has 0 unspecified atom stereocenters. The van der Waals surface area contributed by atoms with Crippen LogP contribution in [0.3, 0.4) is 0 Å². The largest absolute Gasteiger partial charge is 0.394 e. The smallest absolute Gasteiger partial charge is 0.256 e. The second-order valence-electron chi connectivity index (χ2n) is 6.11. The van der Waals surface area contributed by atoms with Crippen molar-refractivity contribution in [3.63, 3.8) is 0 Å². The van der Waals surface area contributed by atoms with Gasteiger partial charge in [0.05, 0.1) is 41.2 Å². The zero-order chi connectivity index (χ0) is 19.2. The fourth-order valence-electron chi connectivity index (χ4n) is 2.88. The molecule has 0 spiro atoms. The molecule has 1 aromatic carbocycles. The first kappa shape index (κ1) is 19.1. The number of hydrogen-bond acceptors (Lipinski definition) is 4. The first-order valence-corrected chi connectivity index (χ1v) is 9.13. The summed E-state index contributed by atoms with van der Waals surface area (Å²) in [6.45, 7) is 2.09. The molecule has 6 nitrogen and oxygen atoms in total. The maximum absolute atomic E-state index is 13.3. The third kappa shape index (κ3) is 4.35. The highest BCUT2D eigenvalue weighted by atomic mass is 35.5. The minimum Gasteiger partial charge on any atom is -0.394 e. The molecule has 1 atom stereocenters. The van der Waals surface area contributed by atoms with E-state index in [9.17, 15) is 9.90 Å². The lowest BCUT2D eigenvalue weighted by Gasteiger charge is -2.30. The van der Waals surface area contributed by atoms with Gasteiger partial charge < -0.3 is 10.0 Å². The van der Waals surface area contributed by atoms with Gasteiger partial charge >= 0.3 is 0 Å². The lowest BCUT2D eigenvalue weighted by Crippen LogP contribution is -2.42. The monoisotopic (exact) mass is 384 g/mol. The first-order valence-electron chi connectivity index (χ1n) is 8.75. The zero-order valence-electron chi connectivity index (χ0n) is 15.0. The molecule has 0 bridgehead atoms. The van der Waals surface area contributed by atoms with Gasteiger partial charge in [-0.15, -0.1) is 0 Å². The van der Waals surface area contributed by atoms with Gasteiger partial charge in [-0.25, -0.2) is 4.68 Å². The molecule has 2 heterocycles. The number of amides is 1. The van der Waals surface area contributed by atoms with Crippen LogP contribution in [-0.2, 0) is 6.54 Å². The van der Waals surface area contributed by atoms with Crippen LogP contribution in [0, 0.1) is 0 Å². The minimum atomic E-state index is -0.330. The number of hydrogen-bond donors (Lipinski definition) is 1. The Bertz CT molecular complexity index is 880. The van der Waals surface area contributed by atoms with Crippen molar-refractivity contribution in [3.8, 4) is 5.69 Å². The molecule has 1 amide bonds. The van der Waals surface area contributed by atoms with E-state index in [1.807, 2.05) is 31.2 Å². The summed E-state index contributed by atoms with van der Waals surface area (Å²) in [6.07, 6.45) is 5.77. The van der Waals surface area contributed by atoms with E-state index in [-0.39, 0.29) is 18.6 Å². The Morgan fingerprint density at radius 2 is 2.11 bits per heavy atom. The summed E-state index contributed by atoms with van der Waals surface area (Å²) < 4.78 is 1.67. The van der Waals surface area contributed by atoms with Crippen LogP contribution in [0.25, 0.3) is 5.69 Å². The van der Waals surface area contributed by atoms with Crippen molar-refractivity contribution in [3.05, 3.63) is 77.3 Å². The van der Waals surface area contributed by atoms with Crippen molar-refractivity contribution in [2.45, 2.75) is 25.9 Å². The summed E-state index contributed by atoms with van der Waals surface area (Å²) >= 11 is 6.34. The Balaban J connectivity index is 1.97. The molecule has 7 heteroatoms. The Labute approximate surface area is 163 Å². The highest BCUT2D eigenvalue weighted by Crippen LogP contribution is 2.23.